The minimum Gasteiger partial charge on any atom is -0.507 e. The number of aryl methyl sites for hydroxylation is 1. The molecule has 0 spiro atoms. The molecular formula is C23H25NO5. The lowest BCUT2D eigenvalue weighted by molar-refractivity contribution is -0.140. The molecule has 2 aromatic rings. The molecular weight excluding hydrogens is 370 g/mol. The van der Waals surface area contributed by atoms with Crippen LogP contribution in [0.15, 0.2) is 54.1 Å². The summed E-state index contributed by atoms with van der Waals surface area (Å²) in [6.45, 7) is 2.69. The summed E-state index contributed by atoms with van der Waals surface area (Å²) in [5.41, 5.74) is 2.17. The average Bonchev–Trinajstić information content (AvgIpc) is 2.99. The number of methoxy groups -OCH3 is 2. The van der Waals surface area contributed by atoms with Crippen LogP contribution in [0.25, 0.3) is 5.76 Å². The fraction of sp³-hybridized carbons (Fsp3) is 0.304. The van der Waals surface area contributed by atoms with Gasteiger partial charge in [-0.2, -0.15) is 0 Å². The Balaban J connectivity index is 2.11. The second-order valence-corrected chi connectivity index (χ2v) is 6.93. The third kappa shape index (κ3) is 4.03. The zero-order valence-electron chi connectivity index (χ0n) is 16.8. The molecule has 1 saturated heterocycles. The molecule has 2 aromatic carbocycles. The van der Waals surface area contributed by atoms with Gasteiger partial charge in [0.05, 0.1) is 18.7 Å². The van der Waals surface area contributed by atoms with Crippen molar-refractivity contribution in [3.05, 3.63) is 70.8 Å². The average molecular weight is 395 g/mol. The van der Waals surface area contributed by atoms with Gasteiger partial charge in [0.15, 0.2) is 0 Å². The van der Waals surface area contributed by atoms with E-state index in [2.05, 4.69) is 0 Å². The van der Waals surface area contributed by atoms with Crippen molar-refractivity contribution in [1.82, 2.24) is 4.90 Å². The molecule has 1 fully saturated rings. The number of Topliss-reactive ketones (excluding diaryl/α,β-unsaturated/α-hetero) is 1. The quantitative estimate of drug-likeness (QED) is 0.336. The summed E-state index contributed by atoms with van der Waals surface area (Å²) >= 11 is 0. The molecule has 0 radical (unpaired) electrons. The minimum atomic E-state index is -0.678. The Morgan fingerprint density at radius 1 is 1.10 bits per heavy atom. The molecule has 1 amide bonds. The van der Waals surface area contributed by atoms with Crippen LogP contribution in [-0.4, -0.2) is 49.1 Å². The van der Waals surface area contributed by atoms with E-state index in [9.17, 15) is 14.7 Å². The third-order valence-electron chi connectivity index (χ3n) is 5.07. The van der Waals surface area contributed by atoms with Crippen molar-refractivity contribution < 1.29 is 24.2 Å². The minimum absolute atomic E-state index is 0.100. The standard InChI is InChI=1S/C23H25NO5/c1-15-14-17(10-11-18(15)29-3)21(25)19-20(16-8-5-4-6-9-16)24(12-7-13-28-2)23(27)22(19)26/h4-6,8-11,14,20,25H,7,12-13H2,1-3H3/t20-/m1/s1. The van der Waals surface area contributed by atoms with E-state index >= 15 is 0 Å². The largest absolute Gasteiger partial charge is 0.507 e. The Labute approximate surface area is 170 Å². The number of aliphatic hydroxyl groups is 1. The van der Waals surface area contributed by atoms with Gasteiger partial charge < -0.3 is 19.5 Å². The van der Waals surface area contributed by atoms with Crippen LogP contribution >= 0.6 is 0 Å². The highest BCUT2D eigenvalue weighted by Crippen LogP contribution is 2.39. The lowest BCUT2D eigenvalue weighted by atomic mass is 9.95. The first-order chi connectivity index (χ1) is 14.0. The zero-order valence-corrected chi connectivity index (χ0v) is 16.8. The second-order valence-electron chi connectivity index (χ2n) is 6.93. The van der Waals surface area contributed by atoms with E-state index < -0.39 is 17.7 Å². The molecule has 1 atom stereocenters. The van der Waals surface area contributed by atoms with Crippen molar-refractivity contribution in [1.29, 1.82) is 0 Å². The van der Waals surface area contributed by atoms with Gasteiger partial charge in [0.2, 0.25) is 0 Å². The monoisotopic (exact) mass is 395 g/mol. The first-order valence-corrected chi connectivity index (χ1v) is 9.47. The van der Waals surface area contributed by atoms with Crippen LogP contribution in [-0.2, 0) is 14.3 Å². The van der Waals surface area contributed by atoms with E-state index in [0.717, 1.165) is 11.1 Å². The molecule has 29 heavy (non-hydrogen) atoms. The molecule has 1 N–H and O–H groups in total. The fourth-order valence-electron chi connectivity index (χ4n) is 3.65. The van der Waals surface area contributed by atoms with Crippen molar-refractivity contribution in [2.45, 2.75) is 19.4 Å². The SMILES string of the molecule is COCCCN1C(=O)C(=O)C(=C(O)c2ccc(OC)c(C)c2)[C@H]1c1ccccc1. The molecule has 1 aliphatic rings. The Morgan fingerprint density at radius 2 is 1.83 bits per heavy atom. The predicted octanol–water partition coefficient (Wildman–Crippen LogP) is 3.46. The summed E-state index contributed by atoms with van der Waals surface area (Å²) in [7, 11) is 3.16. The highest BCUT2D eigenvalue weighted by atomic mass is 16.5. The number of likely N-dealkylation sites (tertiary alicyclic amines) is 1. The summed E-state index contributed by atoms with van der Waals surface area (Å²) in [5.74, 6) is -0.789. The van der Waals surface area contributed by atoms with Gasteiger partial charge in [0.1, 0.15) is 11.5 Å². The Bertz CT molecular complexity index is 936. The van der Waals surface area contributed by atoms with Crippen LogP contribution in [0.4, 0.5) is 0 Å². The number of aliphatic hydroxyl groups excluding tert-OH is 1. The van der Waals surface area contributed by atoms with Gasteiger partial charge in [0, 0.05) is 25.8 Å². The molecule has 6 heteroatoms. The molecule has 0 unspecified atom stereocenters. The van der Waals surface area contributed by atoms with Gasteiger partial charge in [-0.05, 0) is 42.7 Å². The Morgan fingerprint density at radius 3 is 2.45 bits per heavy atom. The Kier molecular flexibility index (Phi) is 6.34. The first-order valence-electron chi connectivity index (χ1n) is 9.47. The van der Waals surface area contributed by atoms with E-state index in [1.807, 2.05) is 37.3 Å². The first kappa shape index (κ1) is 20.6. The second kappa shape index (κ2) is 8.92. The normalized spacial score (nSPS) is 18.3. The fourth-order valence-corrected chi connectivity index (χ4v) is 3.65. The highest BCUT2D eigenvalue weighted by Gasteiger charge is 2.45. The van der Waals surface area contributed by atoms with Crippen molar-refractivity contribution >= 4 is 17.4 Å². The van der Waals surface area contributed by atoms with Gasteiger partial charge in [0.25, 0.3) is 11.7 Å². The number of ether oxygens (including phenoxy) is 2. The number of hydrogen-bond donors (Lipinski definition) is 1. The molecule has 0 saturated carbocycles. The van der Waals surface area contributed by atoms with E-state index in [-0.39, 0.29) is 11.3 Å². The van der Waals surface area contributed by atoms with Gasteiger partial charge in [-0.3, -0.25) is 9.59 Å². The van der Waals surface area contributed by atoms with Gasteiger partial charge in [-0.1, -0.05) is 30.3 Å². The van der Waals surface area contributed by atoms with E-state index in [1.54, 1.807) is 32.4 Å². The van der Waals surface area contributed by atoms with Crippen LogP contribution in [0.5, 0.6) is 5.75 Å². The molecule has 0 aromatic heterocycles. The number of carbonyl (C=O) groups excluding carboxylic acids is 2. The van der Waals surface area contributed by atoms with Crippen LogP contribution in [0.2, 0.25) is 0 Å². The molecule has 0 bridgehead atoms. The molecule has 1 heterocycles. The predicted molar refractivity (Wildman–Crippen MR) is 110 cm³/mol. The smallest absolute Gasteiger partial charge is 0.295 e. The molecule has 0 aliphatic carbocycles. The lowest BCUT2D eigenvalue weighted by Gasteiger charge is -2.25. The molecule has 152 valence electrons. The van der Waals surface area contributed by atoms with Crippen molar-refractivity contribution in [2.24, 2.45) is 0 Å². The Hall–Kier alpha value is -3.12. The van der Waals surface area contributed by atoms with Crippen molar-refractivity contribution in [3.8, 4) is 5.75 Å². The maximum absolute atomic E-state index is 12.9. The number of amides is 1. The number of nitrogens with zero attached hydrogens (tertiary/aromatic N) is 1. The maximum atomic E-state index is 12.9. The van der Waals surface area contributed by atoms with Crippen LogP contribution < -0.4 is 4.74 Å². The van der Waals surface area contributed by atoms with Crippen LogP contribution in [0, 0.1) is 6.92 Å². The number of carbonyl (C=O) groups is 2. The zero-order chi connectivity index (χ0) is 21.0. The summed E-state index contributed by atoms with van der Waals surface area (Å²) in [4.78, 5) is 27.2. The highest BCUT2D eigenvalue weighted by molar-refractivity contribution is 6.46. The van der Waals surface area contributed by atoms with Gasteiger partial charge >= 0.3 is 0 Å². The lowest BCUT2D eigenvalue weighted by Crippen LogP contribution is -2.31. The van der Waals surface area contributed by atoms with Crippen molar-refractivity contribution in [3.63, 3.8) is 0 Å². The van der Waals surface area contributed by atoms with Gasteiger partial charge in [-0.25, -0.2) is 0 Å². The van der Waals surface area contributed by atoms with Crippen LogP contribution in [0.1, 0.15) is 29.2 Å². The van der Waals surface area contributed by atoms with Crippen LogP contribution in [0.3, 0.4) is 0 Å². The molecule has 3 rings (SSSR count). The van der Waals surface area contributed by atoms with E-state index in [4.69, 9.17) is 9.47 Å². The number of benzene rings is 2. The summed E-state index contributed by atoms with van der Waals surface area (Å²) in [5, 5.41) is 11.0. The summed E-state index contributed by atoms with van der Waals surface area (Å²) in [6.07, 6.45) is 0.592. The molecule has 6 nitrogen and oxygen atoms in total. The summed E-state index contributed by atoms with van der Waals surface area (Å²) < 4.78 is 10.4. The number of hydrogen-bond acceptors (Lipinski definition) is 5. The van der Waals surface area contributed by atoms with Gasteiger partial charge in [-0.15, -0.1) is 0 Å². The van der Waals surface area contributed by atoms with E-state index in [1.165, 1.54) is 4.90 Å². The van der Waals surface area contributed by atoms with Crippen molar-refractivity contribution in [2.75, 3.05) is 27.4 Å². The summed E-state index contributed by atoms with van der Waals surface area (Å²) in [6, 6.07) is 13.8. The molecule has 1 aliphatic heterocycles. The topological polar surface area (TPSA) is 76.1 Å². The number of rotatable bonds is 7. The maximum Gasteiger partial charge on any atom is 0.295 e. The third-order valence-corrected chi connectivity index (χ3v) is 5.07. The number of ketones is 1. The van der Waals surface area contributed by atoms with E-state index in [0.29, 0.717) is 30.9 Å².